The predicted octanol–water partition coefficient (Wildman–Crippen LogP) is 5.97. The normalized spacial score (nSPS) is 18.1. The topological polar surface area (TPSA) is 48.2 Å². The SMILES string of the molecule is FC(F)(F)c1cc(-c2noc(-c3ccc(OC4CC4(F)F)cc3)n2)ccc1Br. The molecule has 1 heterocycles. The number of benzene rings is 2. The van der Waals surface area contributed by atoms with Gasteiger partial charge in [0, 0.05) is 15.6 Å². The Bertz CT molecular complexity index is 1020. The molecule has 2 aromatic carbocycles. The highest BCUT2D eigenvalue weighted by Gasteiger charge is 2.59. The van der Waals surface area contributed by atoms with Crippen molar-refractivity contribution < 1.29 is 31.2 Å². The van der Waals surface area contributed by atoms with Gasteiger partial charge in [-0.05, 0) is 42.5 Å². The molecule has 1 atom stereocenters. The van der Waals surface area contributed by atoms with Crippen molar-refractivity contribution in [1.29, 1.82) is 0 Å². The molecule has 0 aliphatic heterocycles. The van der Waals surface area contributed by atoms with Crippen LogP contribution in [0.15, 0.2) is 51.5 Å². The summed E-state index contributed by atoms with van der Waals surface area (Å²) in [5.41, 5.74) is -0.238. The molecular weight excluding hydrogens is 451 g/mol. The summed E-state index contributed by atoms with van der Waals surface area (Å²) in [5.74, 6) is -2.45. The van der Waals surface area contributed by atoms with E-state index in [9.17, 15) is 22.0 Å². The van der Waals surface area contributed by atoms with Crippen LogP contribution >= 0.6 is 15.9 Å². The van der Waals surface area contributed by atoms with E-state index >= 15 is 0 Å². The van der Waals surface area contributed by atoms with Gasteiger partial charge in [-0.1, -0.05) is 21.1 Å². The van der Waals surface area contributed by atoms with Crippen molar-refractivity contribution in [3.63, 3.8) is 0 Å². The second-order valence-corrected chi connectivity index (χ2v) is 7.07. The molecule has 1 aliphatic rings. The number of hydrogen-bond donors (Lipinski definition) is 0. The fourth-order valence-corrected chi connectivity index (χ4v) is 2.97. The predicted molar refractivity (Wildman–Crippen MR) is 91.9 cm³/mol. The van der Waals surface area contributed by atoms with E-state index in [2.05, 4.69) is 26.1 Å². The van der Waals surface area contributed by atoms with Crippen molar-refractivity contribution in [2.75, 3.05) is 0 Å². The number of hydrogen-bond acceptors (Lipinski definition) is 4. The van der Waals surface area contributed by atoms with Crippen LogP contribution in [0.1, 0.15) is 12.0 Å². The van der Waals surface area contributed by atoms with Gasteiger partial charge in [0.2, 0.25) is 5.82 Å². The Morgan fingerprint density at radius 1 is 1.07 bits per heavy atom. The van der Waals surface area contributed by atoms with Gasteiger partial charge in [0.25, 0.3) is 11.8 Å². The first kappa shape index (κ1) is 18.9. The van der Waals surface area contributed by atoms with E-state index in [1.54, 1.807) is 0 Å². The molecule has 0 spiro atoms. The Hall–Kier alpha value is -2.49. The lowest BCUT2D eigenvalue weighted by atomic mass is 10.1. The Kier molecular flexibility index (Phi) is 4.40. The van der Waals surface area contributed by atoms with Crippen LogP contribution in [-0.4, -0.2) is 22.2 Å². The summed E-state index contributed by atoms with van der Waals surface area (Å²) in [6.07, 6.45) is -5.96. The third kappa shape index (κ3) is 3.73. The van der Waals surface area contributed by atoms with Crippen LogP contribution in [-0.2, 0) is 6.18 Å². The van der Waals surface area contributed by atoms with E-state index in [0.29, 0.717) is 5.56 Å². The molecule has 1 saturated carbocycles. The van der Waals surface area contributed by atoms with Gasteiger partial charge in [0.1, 0.15) is 5.75 Å². The molecule has 1 aliphatic carbocycles. The molecule has 146 valence electrons. The highest BCUT2D eigenvalue weighted by atomic mass is 79.9. The van der Waals surface area contributed by atoms with Crippen molar-refractivity contribution in [3.8, 4) is 28.6 Å². The fraction of sp³-hybridized carbons (Fsp3) is 0.222. The van der Waals surface area contributed by atoms with Gasteiger partial charge in [0.05, 0.1) is 12.0 Å². The van der Waals surface area contributed by atoms with Gasteiger partial charge in [0.15, 0.2) is 6.10 Å². The van der Waals surface area contributed by atoms with Gasteiger partial charge in [-0.15, -0.1) is 0 Å². The van der Waals surface area contributed by atoms with Crippen molar-refractivity contribution in [1.82, 2.24) is 10.1 Å². The van der Waals surface area contributed by atoms with E-state index in [0.717, 1.165) is 6.07 Å². The van der Waals surface area contributed by atoms with Crippen molar-refractivity contribution in [3.05, 3.63) is 52.5 Å². The maximum atomic E-state index is 13.0. The molecule has 10 heteroatoms. The van der Waals surface area contributed by atoms with E-state index in [4.69, 9.17) is 9.26 Å². The lowest BCUT2D eigenvalue weighted by Crippen LogP contribution is -2.06. The molecule has 0 N–H and O–H groups in total. The zero-order chi connectivity index (χ0) is 20.1. The molecule has 4 rings (SSSR count). The second-order valence-electron chi connectivity index (χ2n) is 6.21. The summed E-state index contributed by atoms with van der Waals surface area (Å²) in [5, 5.41) is 3.72. The van der Waals surface area contributed by atoms with E-state index in [1.165, 1.54) is 36.4 Å². The monoisotopic (exact) mass is 460 g/mol. The van der Waals surface area contributed by atoms with Crippen LogP contribution in [0.4, 0.5) is 22.0 Å². The summed E-state index contributed by atoms with van der Waals surface area (Å²) in [4.78, 5) is 4.11. The number of ether oxygens (including phenoxy) is 1. The van der Waals surface area contributed by atoms with Gasteiger partial charge in [-0.2, -0.15) is 18.2 Å². The molecule has 3 aromatic rings. The van der Waals surface area contributed by atoms with E-state index in [1.807, 2.05) is 0 Å². The van der Waals surface area contributed by atoms with E-state index in [-0.39, 0.29) is 33.9 Å². The minimum atomic E-state index is -4.53. The Morgan fingerprint density at radius 3 is 2.32 bits per heavy atom. The van der Waals surface area contributed by atoms with Gasteiger partial charge in [-0.3, -0.25) is 0 Å². The van der Waals surface area contributed by atoms with Crippen LogP contribution in [0, 0.1) is 0 Å². The first-order chi connectivity index (χ1) is 13.1. The average molecular weight is 461 g/mol. The number of aromatic nitrogens is 2. The standard InChI is InChI=1S/C18H10BrF5N2O2/c19-13-6-3-10(7-12(13)18(22,23)24)15-25-16(28-26-15)9-1-4-11(5-2-9)27-14-8-17(14,20)21/h1-7,14H,8H2. The van der Waals surface area contributed by atoms with E-state index < -0.39 is 23.8 Å². The summed E-state index contributed by atoms with van der Waals surface area (Å²) in [7, 11) is 0. The lowest BCUT2D eigenvalue weighted by Gasteiger charge is -2.09. The number of halogens is 6. The van der Waals surface area contributed by atoms with Gasteiger partial charge >= 0.3 is 6.18 Å². The molecule has 0 saturated heterocycles. The maximum Gasteiger partial charge on any atom is 0.417 e. The Labute approximate surface area is 163 Å². The van der Waals surface area contributed by atoms with Crippen LogP contribution in [0.2, 0.25) is 0 Å². The highest BCUT2D eigenvalue weighted by Crippen LogP contribution is 2.44. The molecule has 1 aromatic heterocycles. The van der Waals surface area contributed by atoms with Gasteiger partial charge in [-0.25, -0.2) is 8.78 Å². The summed E-state index contributed by atoms with van der Waals surface area (Å²) < 4.78 is 75.1. The summed E-state index contributed by atoms with van der Waals surface area (Å²) in [6.45, 7) is 0. The van der Waals surface area contributed by atoms with Crippen LogP contribution in [0.5, 0.6) is 5.75 Å². The van der Waals surface area contributed by atoms with Crippen molar-refractivity contribution >= 4 is 15.9 Å². The largest absolute Gasteiger partial charge is 0.484 e. The fourth-order valence-electron chi connectivity index (χ4n) is 2.50. The molecular formula is C18H10BrF5N2O2. The van der Waals surface area contributed by atoms with Gasteiger partial charge < -0.3 is 9.26 Å². The third-order valence-electron chi connectivity index (χ3n) is 4.10. The molecule has 0 radical (unpaired) electrons. The lowest BCUT2D eigenvalue weighted by molar-refractivity contribution is -0.138. The second kappa shape index (κ2) is 6.54. The third-order valence-corrected chi connectivity index (χ3v) is 4.80. The first-order valence-electron chi connectivity index (χ1n) is 7.99. The molecule has 0 bridgehead atoms. The summed E-state index contributed by atoms with van der Waals surface area (Å²) >= 11 is 2.87. The quantitative estimate of drug-likeness (QED) is 0.450. The van der Waals surface area contributed by atoms with Crippen LogP contribution < -0.4 is 4.74 Å². The number of alkyl halides is 5. The molecule has 28 heavy (non-hydrogen) atoms. The van der Waals surface area contributed by atoms with Crippen LogP contribution in [0.3, 0.4) is 0 Å². The molecule has 4 nitrogen and oxygen atoms in total. The maximum absolute atomic E-state index is 13.0. The highest BCUT2D eigenvalue weighted by molar-refractivity contribution is 9.10. The Morgan fingerprint density at radius 2 is 1.71 bits per heavy atom. The smallest absolute Gasteiger partial charge is 0.417 e. The van der Waals surface area contributed by atoms with Crippen molar-refractivity contribution in [2.24, 2.45) is 0 Å². The molecule has 1 unspecified atom stereocenters. The zero-order valence-corrected chi connectivity index (χ0v) is 15.4. The minimum Gasteiger partial charge on any atom is -0.484 e. The summed E-state index contributed by atoms with van der Waals surface area (Å²) in [6, 6.07) is 9.65. The molecule has 0 amide bonds. The average Bonchev–Trinajstić information content (AvgIpc) is 3.03. The Balaban J connectivity index is 1.55. The number of rotatable bonds is 4. The molecule has 1 fully saturated rings. The van der Waals surface area contributed by atoms with Crippen molar-refractivity contribution in [2.45, 2.75) is 24.6 Å². The first-order valence-corrected chi connectivity index (χ1v) is 8.78. The zero-order valence-electron chi connectivity index (χ0n) is 13.8. The van der Waals surface area contributed by atoms with Crippen LogP contribution in [0.25, 0.3) is 22.8 Å². The minimum absolute atomic E-state index is 0.00838. The number of nitrogens with zero attached hydrogens (tertiary/aromatic N) is 2.